The van der Waals surface area contributed by atoms with Crippen LogP contribution in [0.25, 0.3) is 0 Å². The van der Waals surface area contributed by atoms with Gasteiger partial charge in [0.15, 0.2) is 0 Å². The van der Waals surface area contributed by atoms with Crippen molar-refractivity contribution in [1.82, 2.24) is 4.90 Å². The van der Waals surface area contributed by atoms with Crippen LogP contribution in [0.2, 0.25) is 0 Å². The van der Waals surface area contributed by atoms with Crippen LogP contribution >= 0.6 is 0 Å². The molecule has 1 heterocycles. The van der Waals surface area contributed by atoms with Gasteiger partial charge in [-0.3, -0.25) is 9.59 Å². The minimum absolute atomic E-state index is 0.0301. The fourth-order valence-corrected chi connectivity index (χ4v) is 4.28. The fraction of sp³-hybridized carbons (Fsp3) is 0.619. The predicted molar refractivity (Wildman–Crippen MR) is 105 cm³/mol. The summed E-state index contributed by atoms with van der Waals surface area (Å²) < 4.78 is 0. The lowest BCUT2D eigenvalue weighted by molar-refractivity contribution is -0.129. The topological polar surface area (TPSA) is 52.7 Å². The number of nitrogens with one attached hydrogen (secondary N) is 1. The van der Waals surface area contributed by atoms with Crippen molar-refractivity contribution in [2.45, 2.75) is 58.9 Å². The molecule has 1 aromatic carbocycles. The largest absolute Gasteiger partial charge is 0.372 e. The van der Waals surface area contributed by atoms with E-state index in [-0.39, 0.29) is 17.7 Å². The number of benzene rings is 1. The molecule has 2 fully saturated rings. The highest BCUT2D eigenvalue weighted by Crippen LogP contribution is 2.30. The first-order valence-corrected chi connectivity index (χ1v) is 9.99. The molecule has 26 heavy (non-hydrogen) atoms. The first-order valence-electron chi connectivity index (χ1n) is 9.99. The van der Waals surface area contributed by atoms with E-state index in [1.165, 1.54) is 18.5 Å². The molecule has 0 radical (unpaired) electrons. The van der Waals surface area contributed by atoms with Gasteiger partial charge in [-0.05, 0) is 57.4 Å². The molecule has 0 aromatic heterocycles. The van der Waals surface area contributed by atoms with E-state index in [0.29, 0.717) is 19.0 Å². The zero-order valence-corrected chi connectivity index (χ0v) is 16.3. The average molecular weight is 357 g/mol. The molecule has 142 valence electrons. The first kappa shape index (κ1) is 18.7. The van der Waals surface area contributed by atoms with Crippen molar-refractivity contribution in [3.63, 3.8) is 0 Å². The number of likely N-dealkylation sites (tertiary alicyclic amines) is 1. The van der Waals surface area contributed by atoms with Crippen LogP contribution in [0.1, 0.15) is 51.5 Å². The Morgan fingerprint density at radius 1 is 1.23 bits per heavy atom. The van der Waals surface area contributed by atoms with Gasteiger partial charge in [0, 0.05) is 43.5 Å². The number of amides is 2. The van der Waals surface area contributed by atoms with Gasteiger partial charge in [-0.2, -0.15) is 0 Å². The highest BCUT2D eigenvalue weighted by molar-refractivity contribution is 5.97. The third kappa shape index (κ3) is 3.87. The minimum atomic E-state index is -0.232. The van der Waals surface area contributed by atoms with E-state index >= 15 is 0 Å². The van der Waals surface area contributed by atoms with E-state index in [4.69, 9.17) is 0 Å². The number of anilines is 2. The molecule has 1 N–H and O–H groups in total. The second kappa shape index (κ2) is 8.11. The molecule has 1 saturated heterocycles. The number of hydrogen-bond acceptors (Lipinski definition) is 3. The van der Waals surface area contributed by atoms with Gasteiger partial charge in [-0.1, -0.05) is 12.8 Å². The zero-order valence-electron chi connectivity index (χ0n) is 16.3. The van der Waals surface area contributed by atoms with Crippen molar-refractivity contribution in [3.8, 4) is 0 Å². The van der Waals surface area contributed by atoms with Gasteiger partial charge in [0.05, 0.1) is 5.92 Å². The number of carbonyl (C=O) groups excluding carboxylic acids is 2. The fourth-order valence-electron chi connectivity index (χ4n) is 4.28. The summed E-state index contributed by atoms with van der Waals surface area (Å²) in [6.45, 7) is 8.80. The van der Waals surface area contributed by atoms with E-state index in [1.807, 2.05) is 17.9 Å². The Bertz CT molecular complexity index is 663. The monoisotopic (exact) mass is 357 g/mol. The van der Waals surface area contributed by atoms with E-state index in [0.717, 1.165) is 37.2 Å². The summed E-state index contributed by atoms with van der Waals surface area (Å²) in [6.07, 6.45) is 4.92. The third-order valence-electron chi connectivity index (χ3n) is 5.89. The number of hydrogen-bond donors (Lipinski definition) is 1. The summed E-state index contributed by atoms with van der Waals surface area (Å²) >= 11 is 0. The van der Waals surface area contributed by atoms with Gasteiger partial charge in [-0.15, -0.1) is 0 Å². The summed E-state index contributed by atoms with van der Waals surface area (Å²) in [5.74, 6) is -0.117. The molecule has 0 spiro atoms. The van der Waals surface area contributed by atoms with Crippen molar-refractivity contribution in [2.24, 2.45) is 5.92 Å². The molecule has 1 aliphatic carbocycles. The zero-order chi connectivity index (χ0) is 18.7. The van der Waals surface area contributed by atoms with Gasteiger partial charge < -0.3 is 15.1 Å². The molecule has 3 rings (SSSR count). The van der Waals surface area contributed by atoms with Crippen LogP contribution in [0, 0.1) is 12.8 Å². The van der Waals surface area contributed by atoms with E-state index in [1.54, 1.807) is 0 Å². The molecule has 5 heteroatoms. The Morgan fingerprint density at radius 2 is 1.92 bits per heavy atom. The number of rotatable bonds is 6. The maximum atomic E-state index is 12.7. The highest BCUT2D eigenvalue weighted by atomic mass is 16.2. The Balaban J connectivity index is 1.64. The molecule has 1 aliphatic heterocycles. The van der Waals surface area contributed by atoms with Gasteiger partial charge in [0.2, 0.25) is 11.8 Å². The quantitative estimate of drug-likeness (QED) is 0.847. The van der Waals surface area contributed by atoms with Crippen LogP contribution in [-0.4, -0.2) is 42.4 Å². The SMILES string of the molecule is CCN(CC)c1ccc(NC(=O)C2CC(=O)N(C3CCCC3)C2)c(C)c1. The van der Waals surface area contributed by atoms with Crippen molar-refractivity contribution in [1.29, 1.82) is 0 Å². The van der Waals surface area contributed by atoms with Crippen molar-refractivity contribution >= 4 is 23.2 Å². The van der Waals surface area contributed by atoms with Gasteiger partial charge in [0.1, 0.15) is 0 Å². The summed E-state index contributed by atoms with van der Waals surface area (Å²) in [5, 5.41) is 3.05. The number of nitrogens with zero attached hydrogens (tertiary/aromatic N) is 2. The van der Waals surface area contributed by atoms with E-state index in [9.17, 15) is 9.59 Å². The Hall–Kier alpha value is -2.04. The summed E-state index contributed by atoms with van der Waals surface area (Å²) in [6, 6.07) is 6.51. The van der Waals surface area contributed by atoms with Gasteiger partial charge in [-0.25, -0.2) is 0 Å². The van der Waals surface area contributed by atoms with Crippen LogP contribution in [-0.2, 0) is 9.59 Å². The minimum Gasteiger partial charge on any atom is -0.372 e. The van der Waals surface area contributed by atoms with Crippen LogP contribution in [0.5, 0.6) is 0 Å². The molecule has 1 saturated carbocycles. The Labute approximate surface area is 156 Å². The molecule has 0 bridgehead atoms. The highest BCUT2D eigenvalue weighted by Gasteiger charge is 2.38. The molecular formula is C21H31N3O2. The van der Waals surface area contributed by atoms with E-state index in [2.05, 4.69) is 36.2 Å². The first-order chi connectivity index (χ1) is 12.5. The predicted octanol–water partition coefficient (Wildman–Crippen LogP) is 3.57. The second-order valence-electron chi connectivity index (χ2n) is 7.55. The Morgan fingerprint density at radius 3 is 2.54 bits per heavy atom. The molecule has 2 amide bonds. The van der Waals surface area contributed by atoms with Crippen LogP contribution < -0.4 is 10.2 Å². The van der Waals surface area contributed by atoms with Crippen LogP contribution in [0.4, 0.5) is 11.4 Å². The lowest BCUT2D eigenvalue weighted by Crippen LogP contribution is -2.35. The smallest absolute Gasteiger partial charge is 0.229 e. The maximum absolute atomic E-state index is 12.7. The second-order valence-corrected chi connectivity index (χ2v) is 7.55. The number of aryl methyl sites for hydroxylation is 1. The van der Waals surface area contributed by atoms with Crippen molar-refractivity contribution < 1.29 is 9.59 Å². The third-order valence-corrected chi connectivity index (χ3v) is 5.89. The standard InChI is InChI=1S/C21H31N3O2/c1-4-23(5-2)18-10-11-19(15(3)12-18)22-21(26)16-13-20(25)24(14-16)17-8-6-7-9-17/h10-12,16-17H,4-9,13-14H2,1-3H3,(H,22,26). The molecular weight excluding hydrogens is 326 g/mol. The van der Waals surface area contributed by atoms with Gasteiger partial charge in [0.25, 0.3) is 0 Å². The average Bonchev–Trinajstić information content (AvgIpc) is 3.27. The normalized spacial score (nSPS) is 20.7. The molecule has 1 unspecified atom stereocenters. The maximum Gasteiger partial charge on any atom is 0.229 e. The van der Waals surface area contributed by atoms with Crippen LogP contribution in [0.3, 0.4) is 0 Å². The summed E-state index contributed by atoms with van der Waals surface area (Å²) in [4.78, 5) is 29.3. The van der Waals surface area contributed by atoms with Gasteiger partial charge >= 0.3 is 0 Å². The molecule has 2 aliphatic rings. The van der Waals surface area contributed by atoms with Crippen molar-refractivity contribution in [2.75, 3.05) is 29.9 Å². The van der Waals surface area contributed by atoms with E-state index < -0.39 is 0 Å². The summed E-state index contributed by atoms with van der Waals surface area (Å²) in [7, 11) is 0. The lowest BCUT2D eigenvalue weighted by Gasteiger charge is -2.24. The molecule has 5 nitrogen and oxygen atoms in total. The summed E-state index contributed by atoms with van der Waals surface area (Å²) in [5.41, 5.74) is 3.08. The number of carbonyl (C=O) groups is 2. The van der Waals surface area contributed by atoms with Crippen molar-refractivity contribution in [3.05, 3.63) is 23.8 Å². The van der Waals surface area contributed by atoms with Crippen LogP contribution in [0.15, 0.2) is 18.2 Å². The molecule has 1 aromatic rings. The Kier molecular flexibility index (Phi) is 5.84. The lowest BCUT2D eigenvalue weighted by atomic mass is 10.1. The molecule has 1 atom stereocenters.